The first-order valence-electron chi connectivity index (χ1n) is 5.50. The fourth-order valence-electron chi connectivity index (χ4n) is 1.83. The Morgan fingerprint density at radius 1 is 1.12 bits per heavy atom. The van der Waals surface area contributed by atoms with Crippen molar-refractivity contribution in [1.29, 1.82) is 0 Å². The van der Waals surface area contributed by atoms with Gasteiger partial charge in [-0.3, -0.25) is 9.36 Å². The SMILES string of the molecule is CCc1ccccc1-n1cc(C)ccc1=O. The van der Waals surface area contributed by atoms with Crippen molar-refractivity contribution in [3.63, 3.8) is 0 Å². The molecule has 0 aliphatic heterocycles. The molecule has 2 heteroatoms. The number of hydrogen-bond donors (Lipinski definition) is 0. The van der Waals surface area contributed by atoms with Crippen LogP contribution in [0.4, 0.5) is 0 Å². The van der Waals surface area contributed by atoms with Crippen molar-refractivity contribution in [2.45, 2.75) is 20.3 Å². The molecule has 0 radical (unpaired) electrons. The van der Waals surface area contributed by atoms with Gasteiger partial charge in [-0.05, 0) is 30.5 Å². The fraction of sp³-hybridized carbons (Fsp3) is 0.214. The average Bonchev–Trinajstić information content (AvgIpc) is 2.32. The van der Waals surface area contributed by atoms with Gasteiger partial charge < -0.3 is 0 Å². The topological polar surface area (TPSA) is 22.0 Å². The molecule has 0 saturated carbocycles. The van der Waals surface area contributed by atoms with Crippen LogP contribution in [-0.2, 0) is 6.42 Å². The largest absolute Gasteiger partial charge is 0.284 e. The van der Waals surface area contributed by atoms with Gasteiger partial charge in [0.15, 0.2) is 0 Å². The maximum absolute atomic E-state index is 11.8. The molecule has 1 aromatic heterocycles. The molecule has 0 N–H and O–H groups in total. The van der Waals surface area contributed by atoms with Gasteiger partial charge in [-0.15, -0.1) is 0 Å². The summed E-state index contributed by atoms with van der Waals surface area (Å²) in [4.78, 5) is 11.8. The Morgan fingerprint density at radius 2 is 1.88 bits per heavy atom. The number of hydrogen-bond acceptors (Lipinski definition) is 1. The molecule has 0 amide bonds. The summed E-state index contributed by atoms with van der Waals surface area (Å²) in [6, 6.07) is 11.5. The maximum atomic E-state index is 11.8. The predicted octanol–water partition coefficient (Wildman–Crippen LogP) is 2.71. The van der Waals surface area contributed by atoms with Crippen molar-refractivity contribution >= 4 is 0 Å². The molecule has 0 unspecified atom stereocenters. The molecule has 82 valence electrons. The second kappa shape index (κ2) is 4.35. The van der Waals surface area contributed by atoms with E-state index in [1.54, 1.807) is 10.6 Å². The summed E-state index contributed by atoms with van der Waals surface area (Å²) in [5.41, 5.74) is 3.28. The van der Waals surface area contributed by atoms with Crippen LogP contribution in [0.5, 0.6) is 0 Å². The van der Waals surface area contributed by atoms with Crippen molar-refractivity contribution in [3.8, 4) is 5.69 Å². The predicted molar refractivity (Wildman–Crippen MR) is 66.2 cm³/mol. The van der Waals surface area contributed by atoms with Gasteiger partial charge in [0.2, 0.25) is 0 Å². The van der Waals surface area contributed by atoms with E-state index < -0.39 is 0 Å². The first kappa shape index (κ1) is 10.7. The Morgan fingerprint density at radius 3 is 2.62 bits per heavy atom. The third kappa shape index (κ3) is 1.91. The highest BCUT2D eigenvalue weighted by Gasteiger charge is 2.03. The van der Waals surface area contributed by atoms with Gasteiger partial charge in [0.1, 0.15) is 0 Å². The molecule has 16 heavy (non-hydrogen) atoms. The van der Waals surface area contributed by atoms with Crippen molar-refractivity contribution in [2.75, 3.05) is 0 Å². The number of aryl methyl sites for hydroxylation is 2. The zero-order chi connectivity index (χ0) is 11.5. The molecule has 0 aliphatic rings. The summed E-state index contributed by atoms with van der Waals surface area (Å²) >= 11 is 0. The van der Waals surface area contributed by atoms with Gasteiger partial charge >= 0.3 is 0 Å². The van der Waals surface area contributed by atoms with E-state index in [9.17, 15) is 4.79 Å². The molecular weight excluding hydrogens is 198 g/mol. The molecule has 1 aromatic carbocycles. The highest BCUT2D eigenvalue weighted by atomic mass is 16.1. The Kier molecular flexibility index (Phi) is 2.91. The van der Waals surface area contributed by atoms with Gasteiger partial charge in [0.25, 0.3) is 5.56 Å². The molecule has 2 rings (SSSR count). The van der Waals surface area contributed by atoms with Crippen molar-refractivity contribution in [2.24, 2.45) is 0 Å². The van der Waals surface area contributed by atoms with Crippen LogP contribution in [0.1, 0.15) is 18.1 Å². The lowest BCUT2D eigenvalue weighted by molar-refractivity contribution is 0.946. The highest BCUT2D eigenvalue weighted by molar-refractivity contribution is 5.41. The third-order valence-electron chi connectivity index (χ3n) is 2.69. The molecule has 0 aliphatic carbocycles. The van der Waals surface area contributed by atoms with E-state index >= 15 is 0 Å². The fourth-order valence-corrected chi connectivity index (χ4v) is 1.83. The van der Waals surface area contributed by atoms with E-state index in [1.807, 2.05) is 37.4 Å². The first-order chi connectivity index (χ1) is 7.72. The van der Waals surface area contributed by atoms with Crippen LogP contribution < -0.4 is 5.56 Å². The van der Waals surface area contributed by atoms with E-state index in [-0.39, 0.29) is 5.56 Å². The normalized spacial score (nSPS) is 10.4. The second-order valence-electron chi connectivity index (χ2n) is 3.90. The van der Waals surface area contributed by atoms with Gasteiger partial charge in [0, 0.05) is 12.3 Å². The molecule has 0 bridgehead atoms. The molecule has 0 saturated heterocycles. The number of para-hydroxylation sites is 1. The van der Waals surface area contributed by atoms with Crippen molar-refractivity contribution in [3.05, 3.63) is 64.1 Å². The number of benzene rings is 1. The molecule has 2 aromatic rings. The van der Waals surface area contributed by atoms with E-state index in [0.717, 1.165) is 17.7 Å². The highest BCUT2D eigenvalue weighted by Crippen LogP contribution is 2.13. The lowest BCUT2D eigenvalue weighted by atomic mass is 10.1. The number of rotatable bonds is 2. The monoisotopic (exact) mass is 213 g/mol. The van der Waals surface area contributed by atoms with E-state index in [4.69, 9.17) is 0 Å². The average molecular weight is 213 g/mol. The third-order valence-corrected chi connectivity index (χ3v) is 2.69. The Hall–Kier alpha value is -1.83. The van der Waals surface area contributed by atoms with Crippen LogP contribution in [0.2, 0.25) is 0 Å². The van der Waals surface area contributed by atoms with Crippen LogP contribution in [0.15, 0.2) is 47.4 Å². The lowest BCUT2D eigenvalue weighted by Crippen LogP contribution is -2.17. The molecule has 2 nitrogen and oxygen atoms in total. The summed E-state index contributed by atoms with van der Waals surface area (Å²) in [5, 5.41) is 0. The number of aromatic nitrogens is 1. The Balaban J connectivity index is 2.67. The van der Waals surface area contributed by atoms with Crippen LogP contribution in [0, 0.1) is 6.92 Å². The first-order valence-corrected chi connectivity index (χ1v) is 5.50. The summed E-state index contributed by atoms with van der Waals surface area (Å²) in [6.45, 7) is 4.09. The number of nitrogens with zero attached hydrogens (tertiary/aromatic N) is 1. The van der Waals surface area contributed by atoms with E-state index in [0.29, 0.717) is 0 Å². The molecule has 0 fully saturated rings. The van der Waals surface area contributed by atoms with Crippen LogP contribution in [0.3, 0.4) is 0 Å². The lowest BCUT2D eigenvalue weighted by Gasteiger charge is -2.10. The van der Waals surface area contributed by atoms with Gasteiger partial charge in [-0.25, -0.2) is 0 Å². The van der Waals surface area contributed by atoms with Gasteiger partial charge in [-0.1, -0.05) is 31.2 Å². The van der Waals surface area contributed by atoms with Gasteiger partial charge in [-0.2, -0.15) is 0 Å². The standard InChI is InChI=1S/C14H15NO/c1-3-12-6-4-5-7-13(12)15-10-11(2)8-9-14(15)16/h4-10H,3H2,1-2H3. The van der Waals surface area contributed by atoms with Crippen LogP contribution in [-0.4, -0.2) is 4.57 Å². The quantitative estimate of drug-likeness (QED) is 0.751. The summed E-state index contributed by atoms with van der Waals surface area (Å²) in [5.74, 6) is 0. The second-order valence-corrected chi connectivity index (χ2v) is 3.90. The molecule has 0 atom stereocenters. The van der Waals surface area contributed by atoms with E-state index in [2.05, 4.69) is 13.0 Å². The molecule has 0 spiro atoms. The summed E-state index contributed by atoms with van der Waals surface area (Å²) < 4.78 is 1.72. The number of pyridine rings is 1. The molecule has 1 heterocycles. The summed E-state index contributed by atoms with van der Waals surface area (Å²) in [6.07, 6.45) is 2.81. The Bertz CT molecular complexity index is 555. The van der Waals surface area contributed by atoms with Crippen LogP contribution >= 0.6 is 0 Å². The zero-order valence-corrected chi connectivity index (χ0v) is 9.60. The minimum absolute atomic E-state index is 0.0199. The zero-order valence-electron chi connectivity index (χ0n) is 9.60. The minimum atomic E-state index is 0.0199. The molecular formula is C14H15NO. The van der Waals surface area contributed by atoms with E-state index in [1.165, 1.54) is 5.56 Å². The minimum Gasteiger partial charge on any atom is -0.284 e. The Labute approximate surface area is 95.2 Å². The van der Waals surface area contributed by atoms with Crippen molar-refractivity contribution < 1.29 is 0 Å². The summed E-state index contributed by atoms with van der Waals surface area (Å²) in [7, 11) is 0. The van der Waals surface area contributed by atoms with Crippen molar-refractivity contribution in [1.82, 2.24) is 4.57 Å². The smallest absolute Gasteiger partial charge is 0.255 e. The maximum Gasteiger partial charge on any atom is 0.255 e. The van der Waals surface area contributed by atoms with Crippen LogP contribution in [0.25, 0.3) is 5.69 Å². The van der Waals surface area contributed by atoms with Gasteiger partial charge in [0.05, 0.1) is 5.69 Å².